The highest BCUT2D eigenvalue weighted by atomic mass is 16.5. The molecule has 1 aliphatic carbocycles. The van der Waals surface area contributed by atoms with Crippen molar-refractivity contribution in [2.45, 2.75) is 58.5 Å². The van der Waals surface area contributed by atoms with Crippen molar-refractivity contribution in [1.82, 2.24) is 10.2 Å². The van der Waals surface area contributed by atoms with Crippen LogP contribution in [0, 0.1) is 5.41 Å². The Morgan fingerprint density at radius 1 is 1.21 bits per heavy atom. The molecule has 1 aliphatic heterocycles. The lowest BCUT2D eigenvalue weighted by Gasteiger charge is -2.43. The second-order valence-electron chi connectivity index (χ2n) is 7.20. The number of ether oxygens (including phenoxy) is 1. The van der Waals surface area contributed by atoms with Gasteiger partial charge >= 0.3 is 0 Å². The van der Waals surface area contributed by atoms with E-state index in [0.29, 0.717) is 5.41 Å². The predicted octanol–water partition coefficient (Wildman–Crippen LogP) is 2.66. The second-order valence-corrected chi connectivity index (χ2v) is 7.20. The molecule has 1 heterocycles. The van der Waals surface area contributed by atoms with Crippen LogP contribution in [0.25, 0.3) is 0 Å². The van der Waals surface area contributed by atoms with Crippen LogP contribution < -0.4 is 5.32 Å². The van der Waals surface area contributed by atoms with Gasteiger partial charge in [-0.1, -0.05) is 19.8 Å². The number of morpholine rings is 1. The molecule has 3 heteroatoms. The molecule has 19 heavy (non-hydrogen) atoms. The van der Waals surface area contributed by atoms with Crippen LogP contribution >= 0.6 is 0 Å². The summed E-state index contributed by atoms with van der Waals surface area (Å²) in [6.07, 6.45) is 6.88. The van der Waals surface area contributed by atoms with Crippen LogP contribution in [0.5, 0.6) is 0 Å². The molecule has 0 radical (unpaired) electrons. The molecule has 112 valence electrons. The summed E-state index contributed by atoms with van der Waals surface area (Å²) in [5.74, 6) is 0. The quantitative estimate of drug-likeness (QED) is 0.750. The van der Waals surface area contributed by atoms with Gasteiger partial charge < -0.3 is 10.1 Å². The van der Waals surface area contributed by atoms with Crippen LogP contribution in [0.2, 0.25) is 0 Å². The summed E-state index contributed by atoms with van der Waals surface area (Å²) in [4.78, 5) is 2.64. The second kappa shape index (κ2) is 6.55. The van der Waals surface area contributed by atoms with E-state index in [2.05, 4.69) is 31.0 Å². The lowest BCUT2D eigenvalue weighted by atomic mass is 9.84. The zero-order valence-corrected chi connectivity index (χ0v) is 13.1. The van der Waals surface area contributed by atoms with E-state index in [4.69, 9.17) is 4.74 Å². The third-order valence-corrected chi connectivity index (χ3v) is 4.65. The number of hydrogen-bond donors (Lipinski definition) is 1. The minimum Gasteiger partial charge on any atom is -0.373 e. The molecular weight excluding hydrogens is 236 g/mol. The van der Waals surface area contributed by atoms with E-state index in [1.165, 1.54) is 45.2 Å². The van der Waals surface area contributed by atoms with E-state index in [1.807, 2.05) is 0 Å². The summed E-state index contributed by atoms with van der Waals surface area (Å²) in [5.41, 5.74) is 0.567. The molecule has 0 aromatic carbocycles. The van der Waals surface area contributed by atoms with Gasteiger partial charge in [0.25, 0.3) is 0 Å². The average Bonchev–Trinajstić information content (AvgIpc) is 2.77. The summed E-state index contributed by atoms with van der Waals surface area (Å²) >= 11 is 0. The topological polar surface area (TPSA) is 24.5 Å². The zero-order chi connectivity index (χ0) is 13.8. The summed E-state index contributed by atoms with van der Waals surface area (Å²) in [6, 6.07) is 0. The van der Waals surface area contributed by atoms with Crippen molar-refractivity contribution in [2.24, 2.45) is 5.41 Å². The van der Waals surface area contributed by atoms with Gasteiger partial charge in [-0.2, -0.15) is 0 Å². The first kappa shape index (κ1) is 15.3. The van der Waals surface area contributed by atoms with Crippen LogP contribution in [-0.2, 0) is 4.74 Å². The van der Waals surface area contributed by atoms with E-state index in [-0.39, 0.29) is 5.60 Å². The third kappa shape index (κ3) is 4.44. The van der Waals surface area contributed by atoms with E-state index >= 15 is 0 Å². The molecule has 3 nitrogen and oxygen atoms in total. The Balaban J connectivity index is 1.89. The van der Waals surface area contributed by atoms with Gasteiger partial charge in [0, 0.05) is 26.2 Å². The molecule has 2 rings (SSSR count). The molecule has 0 amide bonds. The van der Waals surface area contributed by atoms with Crippen molar-refractivity contribution < 1.29 is 4.74 Å². The summed E-state index contributed by atoms with van der Waals surface area (Å²) < 4.78 is 5.83. The Hall–Kier alpha value is -0.120. The third-order valence-electron chi connectivity index (χ3n) is 4.65. The SMILES string of the molecule is CCCNCC1(CN2CCOC(C)(C)C2)CCCC1. The van der Waals surface area contributed by atoms with Crippen molar-refractivity contribution >= 4 is 0 Å². The lowest BCUT2D eigenvalue weighted by molar-refractivity contribution is -0.0940. The highest BCUT2D eigenvalue weighted by molar-refractivity contribution is 4.91. The molecule has 0 unspecified atom stereocenters. The molecule has 0 bridgehead atoms. The minimum absolute atomic E-state index is 0.0366. The number of nitrogens with zero attached hydrogens (tertiary/aromatic N) is 1. The Morgan fingerprint density at radius 3 is 2.58 bits per heavy atom. The monoisotopic (exact) mass is 268 g/mol. The summed E-state index contributed by atoms with van der Waals surface area (Å²) in [5, 5.41) is 3.67. The highest BCUT2D eigenvalue weighted by Gasteiger charge is 2.37. The standard InChI is InChI=1S/C16H32N2O/c1-4-9-17-12-16(7-5-6-8-16)14-18-10-11-19-15(2,3)13-18/h17H,4-14H2,1-3H3. The molecule has 1 saturated heterocycles. The minimum atomic E-state index is 0.0366. The van der Waals surface area contributed by atoms with E-state index in [1.54, 1.807) is 0 Å². The fraction of sp³-hybridized carbons (Fsp3) is 1.00. The smallest absolute Gasteiger partial charge is 0.0753 e. The molecule has 0 aromatic heterocycles. The van der Waals surface area contributed by atoms with Gasteiger partial charge in [0.2, 0.25) is 0 Å². The van der Waals surface area contributed by atoms with Crippen molar-refractivity contribution in [3.05, 3.63) is 0 Å². The van der Waals surface area contributed by atoms with Crippen molar-refractivity contribution in [3.8, 4) is 0 Å². The van der Waals surface area contributed by atoms with Crippen LogP contribution in [0.3, 0.4) is 0 Å². The first-order valence-electron chi connectivity index (χ1n) is 8.12. The molecule has 0 atom stereocenters. The molecule has 1 saturated carbocycles. The fourth-order valence-corrected chi connectivity index (χ4v) is 3.77. The molecule has 1 N–H and O–H groups in total. The van der Waals surface area contributed by atoms with Crippen LogP contribution in [0.1, 0.15) is 52.9 Å². The molecule has 2 fully saturated rings. The Labute approximate surface area is 119 Å². The first-order valence-corrected chi connectivity index (χ1v) is 8.12. The van der Waals surface area contributed by atoms with Gasteiger partial charge in [-0.05, 0) is 45.1 Å². The van der Waals surface area contributed by atoms with Crippen LogP contribution in [0.15, 0.2) is 0 Å². The lowest BCUT2D eigenvalue weighted by Crippen LogP contribution is -2.52. The summed E-state index contributed by atoms with van der Waals surface area (Å²) in [6.45, 7) is 13.4. The fourth-order valence-electron chi connectivity index (χ4n) is 3.77. The Morgan fingerprint density at radius 2 is 1.95 bits per heavy atom. The van der Waals surface area contributed by atoms with Crippen molar-refractivity contribution in [1.29, 1.82) is 0 Å². The van der Waals surface area contributed by atoms with Gasteiger partial charge in [0.15, 0.2) is 0 Å². The number of rotatable bonds is 6. The van der Waals surface area contributed by atoms with E-state index in [0.717, 1.165) is 26.2 Å². The maximum atomic E-state index is 5.83. The van der Waals surface area contributed by atoms with Crippen LogP contribution in [-0.4, -0.2) is 49.8 Å². The van der Waals surface area contributed by atoms with Crippen molar-refractivity contribution in [3.63, 3.8) is 0 Å². The zero-order valence-electron chi connectivity index (χ0n) is 13.1. The largest absolute Gasteiger partial charge is 0.373 e. The van der Waals surface area contributed by atoms with Crippen molar-refractivity contribution in [2.75, 3.05) is 39.3 Å². The van der Waals surface area contributed by atoms with E-state index < -0.39 is 0 Å². The average molecular weight is 268 g/mol. The Kier molecular flexibility index (Phi) is 5.27. The normalized spacial score (nSPS) is 26.7. The Bertz CT molecular complexity index is 272. The maximum Gasteiger partial charge on any atom is 0.0753 e. The molecule has 0 spiro atoms. The maximum absolute atomic E-state index is 5.83. The van der Waals surface area contributed by atoms with Crippen LogP contribution in [0.4, 0.5) is 0 Å². The van der Waals surface area contributed by atoms with Gasteiger partial charge in [-0.15, -0.1) is 0 Å². The molecule has 2 aliphatic rings. The van der Waals surface area contributed by atoms with Gasteiger partial charge in [0.1, 0.15) is 0 Å². The first-order chi connectivity index (χ1) is 9.05. The van der Waals surface area contributed by atoms with E-state index in [9.17, 15) is 0 Å². The molecular formula is C16H32N2O. The highest BCUT2D eigenvalue weighted by Crippen LogP contribution is 2.39. The van der Waals surface area contributed by atoms with Gasteiger partial charge in [-0.25, -0.2) is 0 Å². The molecule has 0 aromatic rings. The number of nitrogens with one attached hydrogen (secondary N) is 1. The summed E-state index contributed by atoms with van der Waals surface area (Å²) in [7, 11) is 0. The number of hydrogen-bond acceptors (Lipinski definition) is 3. The predicted molar refractivity (Wildman–Crippen MR) is 80.5 cm³/mol. The van der Waals surface area contributed by atoms with Gasteiger partial charge in [-0.3, -0.25) is 4.90 Å². The van der Waals surface area contributed by atoms with Gasteiger partial charge in [0.05, 0.1) is 12.2 Å².